The van der Waals surface area contributed by atoms with E-state index < -0.39 is 0 Å². The molecule has 1 aliphatic carbocycles. The predicted octanol–water partition coefficient (Wildman–Crippen LogP) is 4.36. The van der Waals surface area contributed by atoms with Crippen molar-refractivity contribution in [1.29, 1.82) is 0 Å². The first-order valence-electron chi connectivity index (χ1n) is 5.34. The molecule has 0 saturated heterocycles. The minimum atomic E-state index is 0.703. The van der Waals surface area contributed by atoms with E-state index in [9.17, 15) is 0 Å². The molecule has 2 heteroatoms. The van der Waals surface area contributed by atoms with Gasteiger partial charge in [-0.25, -0.2) is 9.69 Å². The van der Waals surface area contributed by atoms with Crippen molar-refractivity contribution in [3.05, 3.63) is 70.4 Å². The molecular weight excluding hydrogens is 208 g/mol. The molecule has 0 saturated carbocycles. The van der Waals surface area contributed by atoms with Gasteiger partial charge >= 0.3 is 0 Å². The van der Waals surface area contributed by atoms with Gasteiger partial charge in [0.25, 0.3) is 0 Å². The van der Waals surface area contributed by atoms with Crippen molar-refractivity contribution in [3.63, 3.8) is 0 Å². The lowest BCUT2D eigenvalue weighted by molar-refractivity contribution is 1.28. The van der Waals surface area contributed by atoms with Crippen molar-refractivity contribution >= 4 is 11.4 Å². The van der Waals surface area contributed by atoms with Gasteiger partial charge in [0.15, 0.2) is 11.4 Å². The topological polar surface area (TPSA) is 8.72 Å². The maximum Gasteiger partial charge on any atom is 0.191 e. The summed E-state index contributed by atoms with van der Waals surface area (Å²) in [4.78, 5) is 7.11. The van der Waals surface area contributed by atoms with Gasteiger partial charge in [-0.05, 0) is 28.7 Å². The fourth-order valence-corrected chi connectivity index (χ4v) is 2.41. The summed E-state index contributed by atoms with van der Waals surface area (Å²) in [7, 11) is 0. The van der Waals surface area contributed by atoms with Crippen molar-refractivity contribution in [2.24, 2.45) is 0 Å². The van der Waals surface area contributed by atoms with Crippen LogP contribution in [-0.2, 0) is 6.42 Å². The summed E-state index contributed by atoms with van der Waals surface area (Å²) < 4.78 is 0. The molecule has 0 aliphatic heterocycles. The first-order chi connectivity index (χ1) is 8.35. The van der Waals surface area contributed by atoms with Crippen LogP contribution >= 0.6 is 0 Å². The second kappa shape index (κ2) is 3.47. The lowest BCUT2D eigenvalue weighted by atomic mass is 10.0. The van der Waals surface area contributed by atoms with Gasteiger partial charge in [0.05, 0.1) is 13.1 Å². The molecule has 17 heavy (non-hydrogen) atoms. The molecule has 2 aromatic carbocycles. The third kappa shape index (κ3) is 1.25. The summed E-state index contributed by atoms with van der Waals surface area (Å²) >= 11 is 0. The fourth-order valence-electron chi connectivity index (χ4n) is 2.41. The smallest absolute Gasteiger partial charge is 0.191 e. The van der Waals surface area contributed by atoms with E-state index in [4.69, 9.17) is 13.1 Å². The van der Waals surface area contributed by atoms with Crippen LogP contribution in [0.4, 0.5) is 11.4 Å². The van der Waals surface area contributed by atoms with Gasteiger partial charge < -0.3 is 0 Å². The zero-order valence-corrected chi connectivity index (χ0v) is 9.07. The number of rotatable bonds is 0. The molecule has 0 heterocycles. The number of benzene rings is 2. The zero-order chi connectivity index (χ0) is 11.8. The standard InChI is InChI=1S/C15H8N2/c1-16-14-7-3-5-10-11-6-4-8-15(17-2)13(11)9-12(10)14/h3-8H,9H2. The Hall–Kier alpha value is -2.58. The molecular formula is C15H8N2. The Kier molecular flexibility index (Phi) is 1.97. The second-order valence-corrected chi connectivity index (χ2v) is 4.01. The van der Waals surface area contributed by atoms with Gasteiger partial charge in [0.1, 0.15) is 0 Å². The molecule has 0 bridgehead atoms. The molecule has 2 nitrogen and oxygen atoms in total. The van der Waals surface area contributed by atoms with E-state index in [1.807, 2.05) is 36.4 Å². The number of fused-ring (bicyclic) bond motifs is 3. The fraction of sp³-hybridized carbons (Fsp3) is 0.0667. The van der Waals surface area contributed by atoms with Gasteiger partial charge in [-0.1, -0.05) is 36.4 Å². The Balaban J connectivity index is 2.32. The van der Waals surface area contributed by atoms with Gasteiger partial charge in [-0.3, -0.25) is 0 Å². The molecule has 78 valence electrons. The summed E-state index contributed by atoms with van der Waals surface area (Å²) in [5, 5.41) is 0. The Bertz CT molecular complexity index is 638. The normalized spacial score (nSPS) is 11.2. The van der Waals surface area contributed by atoms with E-state index in [1.165, 1.54) is 0 Å². The molecule has 2 aromatic rings. The van der Waals surface area contributed by atoms with Crippen LogP contribution in [-0.4, -0.2) is 0 Å². The molecule has 1 aliphatic rings. The minimum Gasteiger partial charge on any atom is -0.238 e. The highest BCUT2D eigenvalue weighted by molar-refractivity contribution is 5.86. The molecule has 0 spiro atoms. The molecule has 0 fully saturated rings. The lowest BCUT2D eigenvalue weighted by Crippen LogP contribution is -1.80. The summed E-state index contributed by atoms with van der Waals surface area (Å²) in [6.07, 6.45) is 0.710. The first-order valence-corrected chi connectivity index (χ1v) is 5.34. The molecule has 0 amide bonds. The maximum absolute atomic E-state index is 7.18. The van der Waals surface area contributed by atoms with Gasteiger partial charge in [-0.2, -0.15) is 0 Å². The highest BCUT2D eigenvalue weighted by Gasteiger charge is 2.22. The van der Waals surface area contributed by atoms with Gasteiger partial charge in [0.2, 0.25) is 0 Å². The van der Waals surface area contributed by atoms with Crippen LogP contribution < -0.4 is 0 Å². The van der Waals surface area contributed by atoms with Crippen LogP contribution in [0.3, 0.4) is 0 Å². The molecule has 3 rings (SSSR count). The van der Waals surface area contributed by atoms with Crippen molar-refractivity contribution in [2.75, 3.05) is 0 Å². The summed E-state index contributed by atoms with van der Waals surface area (Å²) in [5.74, 6) is 0. The predicted molar refractivity (Wildman–Crippen MR) is 67.2 cm³/mol. The van der Waals surface area contributed by atoms with Crippen molar-refractivity contribution in [3.8, 4) is 11.1 Å². The monoisotopic (exact) mass is 216 g/mol. The van der Waals surface area contributed by atoms with E-state index in [0.29, 0.717) is 17.8 Å². The van der Waals surface area contributed by atoms with Crippen LogP contribution in [0.25, 0.3) is 20.8 Å². The van der Waals surface area contributed by atoms with E-state index in [1.54, 1.807) is 0 Å². The SMILES string of the molecule is [C-]#[N+]c1cccc2c1Cc1c([N+]#[C-])cccc1-2. The van der Waals surface area contributed by atoms with Crippen molar-refractivity contribution in [1.82, 2.24) is 0 Å². The first kappa shape index (κ1) is 9.63. The molecule has 0 aromatic heterocycles. The van der Waals surface area contributed by atoms with Crippen LogP contribution in [0.5, 0.6) is 0 Å². The average molecular weight is 216 g/mol. The second-order valence-electron chi connectivity index (χ2n) is 4.01. The van der Waals surface area contributed by atoms with Crippen LogP contribution in [0.1, 0.15) is 11.1 Å². The third-order valence-corrected chi connectivity index (χ3v) is 3.19. The van der Waals surface area contributed by atoms with Crippen molar-refractivity contribution < 1.29 is 0 Å². The zero-order valence-electron chi connectivity index (χ0n) is 9.07. The lowest BCUT2D eigenvalue weighted by Gasteiger charge is -2.01. The summed E-state index contributed by atoms with van der Waals surface area (Å²) in [6, 6.07) is 11.6. The maximum atomic E-state index is 7.18. The summed E-state index contributed by atoms with van der Waals surface area (Å²) in [5.41, 5.74) is 5.75. The quantitative estimate of drug-likeness (QED) is 0.494. The third-order valence-electron chi connectivity index (χ3n) is 3.19. The highest BCUT2D eigenvalue weighted by Crippen LogP contribution is 2.44. The summed E-state index contributed by atoms with van der Waals surface area (Å²) in [6.45, 7) is 14.4. The molecule has 0 N–H and O–H groups in total. The van der Waals surface area contributed by atoms with Crippen LogP contribution in [0.15, 0.2) is 36.4 Å². The van der Waals surface area contributed by atoms with Crippen LogP contribution in [0.2, 0.25) is 0 Å². The number of nitrogens with zero attached hydrogens (tertiary/aromatic N) is 2. The van der Waals surface area contributed by atoms with E-state index in [0.717, 1.165) is 22.3 Å². The minimum absolute atomic E-state index is 0.703. The van der Waals surface area contributed by atoms with E-state index in [-0.39, 0.29) is 0 Å². The molecule has 0 radical (unpaired) electrons. The van der Waals surface area contributed by atoms with Crippen molar-refractivity contribution in [2.45, 2.75) is 6.42 Å². The van der Waals surface area contributed by atoms with E-state index >= 15 is 0 Å². The number of hydrogen-bond acceptors (Lipinski definition) is 0. The van der Waals surface area contributed by atoms with E-state index in [2.05, 4.69) is 9.69 Å². The Labute approximate surface area is 99.8 Å². The van der Waals surface area contributed by atoms with Crippen LogP contribution in [0, 0.1) is 13.1 Å². The Morgan fingerprint density at radius 1 is 0.765 bits per heavy atom. The van der Waals surface area contributed by atoms with Gasteiger partial charge in [0, 0.05) is 0 Å². The average Bonchev–Trinajstić information content (AvgIpc) is 2.77. The Morgan fingerprint density at radius 2 is 1.24 bits per heavy atom. The molecule has 0 unspecified atom stereocenters. The highest BCUT2D eigenvalue weighted by atomic mass is 14.7. The Morgan fingerprint density at radius 3 is 1.65 bits per heavy atom. The molecule has 0 atom stereocenters. The number of hydrogen-bond donors (Lipinski definition) is 0. The van der Waals surface area contributed by atoms with Gasteiger partial charge in [-0.15, -0.1) is 0 Å². The largest absolute Gasteiger partial charge is 0.238 e.